The largest absolute Gasteiger partial charge is 0.349 e. The van der Waals surface area contributed by atoms with E-state index in [0.717, 1.165) is 19.8 Å². The summed E-state index contributed by atoms with van der Waals surface area (Å²) in [5.41, 5.74) is 0. The summed E-state index contributed by atoms with van der Waals surface area (Å²) in [7, 11) is 2.14. The Balaban J connectivity index is 2.25. The zero-order valence-corrected chi connectivity index (χ0v) is 8.95. The monoisotopic (exact) mass is 187 g/mol. The van der Waals surface area contributed by atoms with E-state index in [1.54, 1.807) is 0 Å². The first kappa shape index (κ1) is 11.0. The van der Waals surface area contributed by atoms with E-state index in [1.165, 1.54) is 12.8 Å². The van der Waals surface area contributed by atoms with E-state index < -0.39 is 0 Å². The van der Waals surface area contributed by atoms with E-state index in [-0.39, 0.29) is 6.29 Å². The SMILES string of the molecule is CCC(CC)N(C)CC1OCCO1. The van der Waals surface area contributed by atoms with Gasteiger partial charge in [0.05, 0.1) is 13.2 Å². The Bertz CT molecular complexity index is 131. The summed E-state index contributed by atoms with van der Waals surface area (Å²) >= 11 is 0. The minimum absolute atomic E-state index is 0.00519. The average molecular weight is 187 g/mol. The van der Waals surface area contributed by atoms with Crippen LogP contribution in [0, 0.1) is 0 Å². The lowest BCUT2D eigenvalue weighted by Crippen LogP contribution is -2.37. The fourth-order valence-electron chi connectivity index (χ4n) is 1.81. The third-order valence-electron chi connectivity index (χ3n) is 2.69. The van der Waals surface area contributed by atoms with Crippen molar-refractivity contribution < 1.29 is 9.47 Å². The van der Waals surface area contributed by atoms with Crippen LogP contribution in [-0.4, -0.2) is 44.0 Å². The molecule has 1 saturated heterocycles. The molecule has 1 heterocycles. The Morgan fingerprint density at radius 1 is 1.23 bits per heavy atom. The fraction of sp³-hybridized carbons (Fsp3) is 1.00. The zero-order valence-electron chi connectivity index (χ0n) is 8.95. The molecule has 0 aromatic rings. The molecule has 3 nitrogen and oxygen atoms in total. The first-order valence-electron chi connectivity index (χ1n) is 5.21. The Labute approximate surface area is 81.0 Å². The number of rotatable bonds is 5. The molecule has 1 aliphatic heterocycles. The van der Waals surface area contributed by atoms with Crippen molar-refractivity contribution in [3.63, 3.8) is 0 Å². The summed E-state index contributed by atoms with van der Waals surface area (Å²) < 4.78 is 10.8. The van der Waals surface area contributed by atoms with E-state index in [4.69, 9.17) is 9.47 Å². The molecule has 0 unspecified atom stereocenters. The lowest BCUT2D eigenvalue weighted by Gasteiger charge is -2.27. The van der Waals surface area contributed by atoms with Crippen molar-refractivity contribution in [2.45, 2.75) is 39.0 Å². The van der Waals surface area contributed by atoms with Gasteiger partial charge in [-0.25, -0.2) is 0 Å². The molecule has 0 saturated carbocycles. The van der Waals surface area contributed by atoms with Crippen LogP contribution in [0.3, 0.4) is 0 Å². The molecule has 3 heteroatoms. The van der Waals surface area contributed by atoms with E-state index >= 15 is 0 Å². The molecule has 0 aromatic heterocycles. The van der Waals surface area contributed by atoms with Gasteiger partial charge in [-0.3, -0.25) is 4.90 Å². The highest BCUT2D eigenvalue weighted by atomic mass is 16.7. The molecular weight excluding hydrogens is 166 g/mol. The number of nitrogens with zero attached hydrogens (tertiary/aromatic N) is 1. The number of hydrogen-bond donors (Lipinski definition) is 0. The highest BCUT2D eigenvalue weighted by Crippen LogP contribution is 2.10. The summed E-state index contributed by atoms with van der Waals surface area (Å²) in [5.74, 6) is 0. The minimum atomic E-state index is 0.00519. The molecule has 0 atom stereocenters. The molecule has 0 bridgehead atoms. The molecule has 13 heavy (non-hydrogen) atoms. The Morgan fingerprint density at radius 3 is 2.23 bits per heavy atom. The van der Waals surface area contributed by atoms with Gasteiger partial charge in [0.25, 0.3) is 0 Å². The molecule has 0 aliphatic carbocycles. The second-order valence-corrected chi connectivity index (χ2v) is 3.58. The summed E-state index contributed by atoms with van der Waals surface area (Å²) in [5, 5.41) is 0. The van der Waals surface area contributed by atoms with Crippen LogP contribution in [0.5, 0.6) is 0 Å². The molecule has 0 amide bonds. The quantitative estimate of drug-likeness (QED) is 0.650. The van der Waals surface area contributed by atoms with Gasteiger partial charge in [0.15, 0.2) is 6.29 Å². The lowest BCUT2D eigenvalue weighted by molar-refractivity contribution is -0.0642. The van der Waals surface area contributed by atoms with Crippen LogP contribution in [0.4, 0.5) is 0 Å². The summed E-state index contributed by atoms with van der Waals surface area (Å²) in [6, 6.07) is 0.660. The Kier molecular flexibility index (Phi) is 4.70. The molecular formula is C10H21NO2. The number of likely N-dealkylation sites (N-methyl/N-ethyl adjacent to an activating group) is 1. The van der Waals surface area contributed by atoms with Gasteiger partial charge in [-0.1, -0.05) is 13.8 Å². The predicted octanol–water partition coefficient (Wildman–Crippen LogP) is 1.48. The van der Waals surface area contributed by atoms with E-state index in [9.17, 15) is 0 Å². The number of ether oxygens (including phenoxy) is 2. The highest BCUT2D eigenvalue weighted by Gasteiger charge is 2.20. The summed E-state index contributed by atoms with van der Waals surface area (Å²) in [6.45, 7) is 6.84. The van der Waals surface area contributed by atoms with Crippen molar-refractivity contribution in [2.75, 3.05) is 26.8 Å². The minimum Gasteiger partial charge on any atom is -0.349 e. The molecule has 1 aliphatic rings. The van der Waals surface area contributed by atoms with Crippen molar-refractivity contribution in [2.24, 2.45) is 0 Å². The molecule has 0 aromatic carbocycles. The maximum absolute atomic E-state index is 5.40. The van der Waals surface area contributed by atoms with Crippen LogP contribution in [0.2, 0.25) is 0 Å². The second-order valence-electron chi connectivity index (χ2n) is 3.58. The van der Waals surface area contributed by atoms with E-state index in [0.29, 0.717) is 6.04 Å². The van der Waals surface area contributed by atoms with Gasteiger partial charge in [-0.15, -0.1) is 0 Å². The van der Waals surface area contributed by atoms with Crippen LogP contribution < -0.4 is 0 Å². The maximum atomic E-state index is 5.40. The van der Waals surface area contributed by atoms with Gasteiger partial charge < -0.3 is 9.47 Å². The van der Waals surface area contributed by atoms with Gasteiger partial charge in [-0.2, -0.15) is 0 Å². The second kappa shape index (κ2) is 5.58. The van der Waals surface area contributed by atoms with Crippen LogP contribution >= 0.6 is 0 Å². The first-order chi connectivity index (χ1) is 6.27. The normalized spacial score (nSPS) is 19.2. The zero-order chi connectivity index (χ0) is 9.68. The standard InChI is InChI=1S/C10H21NO2/c1-4-9(5-2)11(3)8-10-12-6-7-13-10/h9-10H,4-8H2,1-3H3. The van der Waals surface area contributed by atoms with Gasteiger partial charge in [-0.05, 0) is 19.9 Å². The molecule has 0 spiro atoms. The molecule has 0 radical (unpaired) electrons. The summed E-state index contributed by atoms with van der Waals surface area (Å²) in [4.78, 5) is 2.33. The molecule has 78 valence electrons. The van der Waals surface area contributed by atoms with Crippen molar-refractivity contribution in [3.05, 3.63) is 0 Å². The van der Waals surface area contributed by atoms with Gasteiger partial charge in [0, 0.05) is 12.6 Å². The molecule has 1 fully saturated rings. The van der Waals surface area contributed by atoms with Crippen molar-refractivity contribution >= 4 is 0 Å². The lowest BCUT2D eigenvalue weighted by atomic mass is 10.1. The van der Waals surface area contributed by atoms with Crippen molar-refractivity contribution in [1.29, 1.82) is 0 Å². The predicted molar refractivity (Wildman–Crippen MR) is 52.7 cm³/mol. The van der Waals surface area contributed by atoms with Gasteiger partial charge >= 0.3 is 0 Å². The smallest absolute Gasteiger partial charge is 0.170 e. The molecule has 0 N–H and O–H groups in total. The highest BCUT2D eigenvalue weighted by molar-refractivity contribution is 4.67. The first-order valence-corrected chi connectivity index (χ1v) is 5.21. The van der Waals surface area contributed by atoms with Crippen molar-refractivity contribution in [3.8, 4) is 0 Å². The third-order valence-corrected chi connectivity index (χ3v) is 2.69. The average Bonchev–Trinajstić information content (AvgIpc) is 2.59. The Hall–Kier alpha value is -0.120. The van der Waals surface area contributed by atoms with Crippen LogP contribution in [-0.2, 0) is 9.47 Å². The fourth-order valence-corrected chi connectivity index (χ4v) is 1.81. The van der Waals surface area contributed by atoms with Gasteiger partial charge in [0.2, 0.25) is 0 Å². The van der Waals surface area contributed by atoms with Gasteiger partial charge in [0.1, 0.15) is 0 Å². The van der Waals surface area contributed by atoms with Crippen molar-refractivity contribution in [1.82, 2.24) is 4.90 Å². The Morgan fingerprint density at radius 2 is 1.77 bits per heavy atom. The topological polar surface area (TPSA) is 21.7 Å². The van der Waals surface area contributed by atoms with E-state index in [2.05, 4.69) is 25.8 Å². The van der Waals surface area contributed by atoms with E-state index in [1.807, 2.05) is 0 Å². The molecule has 1 rings (SSSR count). The third kappa shape index (κ3) is 3.25. The number of hydrogen-bond acceptors (Lipinski definition) is 3. The van der Waals surface area contributed by atoms with Crippen LogP contribution in [0.15, 0.2) is 0 Å². The maximum Gasteiger partial charge on any atom is 0.170 e. The van der Waals surface area contributed by atoms with Crippen LogP contribution in [0.25, 0.3) is 0 Å². The summed E-state index contributed by atoms with van der Waals surface area (Å²) in [6.07, 6.45) is 2.39. The van der Waals surface area contributed by atoms with Crippen LogP contribution in [0.1, 0.15) is 26.7 Å².